The van der Waals surface area contributed by atoms with E-state index in [-0.39, 0.29) is 0 Å². The third-order valence-electron chi connectivity index (χ3n) is 3.78. The maximum absolute atomic E-state index is 6.12. The number of hydrogen-bond acceptors (Lipinski definition) is 2. The van der Waals surface area contributed by atoms with Crippen LogP contribution in [0.15, 0.2) is 24.3 Å². The monoisotopic (exact) mass is 241 g/mol. The molecular weight excluding hydrogens is 222 g/mol. The van der Waals surface area contributed by atoms with Crippen LogP contribution in [0.25, 0.3) is 11.3 Å². The molecule has 0 radical (unpaired) electrons. The number of imidazole rings is 1. The molecule has 1 aromatic carbocycles. The van der Waals surface area contributed by atoms with E-state index < -0.39 is 0 Å². The molecule has 3 nitrogen and oxygen atoms in total. The second kappa shape index (κ2) is 4.16. The fourth-order valence-corrected chi connectivity index (χ4v) is 2.42. The molecule has 2 N–H and O–H groups in total. The molecule has 3 rings (SSSR count). The summed E-state index contributed by atoms with van der Waals surface area (Å²) in [5, 5.41) is 0. The first-order chi connectivity index (χ1) is 8.70. The van der Waals surface area contributed by atoms with Crippen LogP contribution in [0.2, 0.25) is 0 Å². The predicted molar refractivity (Wildman–Crippen MR) is 74.4 cm³/mol. The van der Waals surface area contributed by atoms with Crippen LogP contribution in [0.3, 0.4) is 0 Å². The number of nitrogen functional groups attached to an aromatic ring is 1. The van der Waals surface area contributed by atoms with Gasteiger partial charge in [0.2, 0.25) is 0 Å². The SMILES string of the molecule is CCc1nc(-c2ccc(C3CC3)cc2)c(N)n1C. The van der Waals surface area contributed by atoms with E-state index in [4.69, 9.17) is 5.73 Å². The van der Waals surface area contributed by atoms with Gasteiger partial charge in [-0.1, -0.05) is 31.2 Å². The Morgan fingerprint density at radius 1 is 1.28 bits per heavy atom. The number of aromatic nitrogens is 2. The Balaban J connectivity index is 1.98. The number of aryl methyl sites for hydroxylation is 1. The quantitative estimate of drug-likeness (QED) is 0.897. The van der Waals surface area contributed by atoms with E-state index in [2.05, 4.69) is 36.2 Å². The topological polar surface area (TPSA) is 43.8 Å². The molecule has 0 unspecified atom stereocenters. The molecule has 1 aliphatic rings. The molecule has 94 valence electrons. The van der Waals surface area contributed by atoms with Crippen LogP contribution in [0, 0.1) is 0 Å². The summed E-state index contributed by atoms with van der Waals surface area (Å²) in [6, 6.07) is 8.72. The van der Waals surface area contributed by atoms with Crippen molar-refractivity contribution in [3.8, 4) is 11.3 Å². The maximum atomic E-state index is 6.12. The molecule has 0 amide bonds. The van der Waals surface area contributed by atoms with E-state index >= 15 is 0 Å². The lowest BCUT2D eigenvalue weighted by Crippen LogP contribution is -2.00. The van der Waals surface area contributed by atoms with Crippen LogP contribution in [0.4, 0.5) is 5.82 Å². The van der Waals surface area contributed by atoms with Crippen molar-refractivity contribution in [2.75, 3.05) is 5.73 Å². The Hall–Kier alpha value is -1.77. The molecule has 3 heteroatoms. The van der Waals surface area contributed by atoms with E-state index in [9.17, 15) is 0 Å². The van der Waals surface area contributed by atoms with E-state index in [0.29, 0.717) is 0 Å². The van der Waals surface area contributed by atoms with E-state index in [1.807, 2.05) is 11.6 Å². The number of nitrogens with zero attached hydrogens (tertiary/aromatic N) is 2. The van der Waals surface area contributed by atoms with Crippen molar-refractivity contribution in [3.05, 3.63) is 35.7 Å². The normalized spacial score (nSPS) is 15.0. The average Bonchev–Trinajstić information content (AvgIpc) is 3.20. The number of hydrogen-bond donors (Lipinski definition) is 1. The first kappa shape index (κ1) is 11.3. The van der Waals surface area contributed by atoms with Crippen LogP contribution in [0.1, 0.15) is 37.1 Å². The second-order valence-electron chi connectivity index (χ2n) is 5.07. The molecule has 1 heterocycles. The fourth-order valence-electron chi connectivity index (χ4n) is 2.42. The number of anilines is 1. The van der Waals surface area contributed by atoms with Crippen molar-refractivity contribution in [2.24, 2.45) is 7.05 Å². The van der Waals surface area contributed by atoms with Crippen molar-refractivity contribution in [1.82, 2.24) is 9.55 Å². The van der Waals surface area contributed by atoms with Gasteiger partial charge in [-0.2, -0.15) is 0 Å². The van der Waals surface area contributed by atoms with Crippen molar-refractivity contribution < 1.29 is 0 Å². The van der Waals surface area contributed by atoms with Gasteiger partial charge in [0.25, 0.3) is 0 Å². The lowest BCUT2D eigenvalue weighted by atomic mass is 10.1. The molecule has 1 fully saturated rings. The Morgan fingerprint density at radius 2 is 1.94 bits per heavy atom. The van der Waals surface area contributed by atoms with Crippen LogP contribution in [-0.4, -0.2) is 9.55 Å². The molecule has 18 heavy (non-hydrogen) atoms. The molecular formula is C15H19N3. The standard InChI is InChI=1S/C15H19N3/c1-3-13-17-14(15(16)18(13)2)12-8-6-11(7-9-12)10-4-5-10/h6-10H,3-5,16H2,1-2H3. The molecule has 0 atom stereocenters. The van der Waals surface area contributed by atoms with Crippen molar-refractivity contribution in [1.29, 1.82) is 0 Å². The van der Waals surface area contributed by atoms with Gasteiger partial charge in [-0.25, -0.2) is 4.98 Å². The van der Waals surface area contributed by atoms with Crippen LogP contribution < -0.4 is 5.73 Å². The zero-order chi connectivity index (χ0) is 12.7. The number of rotatable bonds is 3. The van der Waals surface area contributed by atoms with Gasteiger partial charge in [0, 0.05) is 19.0 Å². The maximum Gasteiger partial charge on any atom is 0.131 e. The molecule has 0 bridgehead atoms. The first-order valence-electron chi connectivity index (χ1n) is 6.62. The lowest BCUT2D eigenvalue weighted by Gasteiger charge is -2.02. The van der Waals surface area contributed by atoms with Crippen LogP contribution in [-0.2, 0) is 13.5 Å². The number of benzene rings is 1. The summed E-state index contributed by atoms with van der Waals surface area (Å²) >= 11 is 0. The highest BCUT2D eigenvalue weighted by Gasteiger charge is 2.23. The lowest BCUT2D eigenvalue weighted by molar-refractivity contribution is 0.816. The Labute approximate surface area is 108 Å². The Kier molecular flexibility index (Phi) is 2.62. The molecule has 2 aromatic rings. The fraction of sp³-hybridized carbons (Fsp3) is 0.400. The van der Waals surface area contributed by atoms with Crippen molar-refractivity contribution in [3.63, 3.8) is 0 Å². The van der Waals surface area contributed by atoms with Gasteiger partial charge in [-0.15, -0.1) is 0 Å². The molecule has 1 aliphatic carbocycles. The van der Waals surface area contributed by atoms with Gasteiger partial charge in [0.1, 0.15) is 17.3 Å². The third-order valence-corrected chi connectivity index (χ3v) is 3.78. The average molecular weight is 241 g/mol. The summed E-state index contributed by atoms with van der Waals surface area (Å²) in [5.74, 6) is 2.59. The zero-order valence-corrected chi connectivity index (χ0v) is 11.0. The summed E-state index contributed by atoms with van der Waals surface area (Å²) in [4.78, 5) is 4.63. The van der Waals surface area contributed by atoms with Gasteiger partial charge in [0.15, 0.2) is 0 Å². The van der Waals surface area contributed by atoms with E-state index in [1.165, 1.54) is 18.4 Å². The third kappa shape index (κ3) is 1.80. The first-order valence-corrected chi connectivity index (χ1v) is 6.62. The summed E-state index contributed by atoms with van der Waals surface area (Å²) in [7, 11) is 1.98. The minimum Gasteiger partial charge on any atom is -0.383 e. The summed E-state index contributed by atoms with van der Waals surface area (Å²) in [6.45, 7) is 2.10. The molecule has 1 saturated carbocycles. The largest absolute Gasteiger partial charge is 0.383 e. The van der Waals surface area contributed by atoms with E-state index in [0.717, 1.165) is 35.2 Å². The van der Waals surface area contributed by atoms with Gasteiger partial charge in [-0.05, 0) is 24.3 Å². The highest BCUT2D eigenvalue weighted by molar-refractivity contribution is 5.71. The summed E-state index contributed by atoms with van der Waals surface area (Å²) < 4.78 is 1.98. The Bertz CT molecular complexity index is 562. The molecule has 1 aromatic heterocycles. The van der Waals surface area contributed by atoms with Crippen LogP contribution >= 0.6 is 0 Å². The smallest absolute Gasteiger partial charge is 0.131 e. The van der Waals surface area contributed by atoms with Crippen molar-refractivity contribution >= 4 is 5.82 Å². The predicted octanol–water partition coefficient (Wildman–Crippen LogP) is 3.11. The number of nitrogens with two attached hydrogens (primary N) is 1. The van der Waals surface area contributed by atoms with Gasteiger partial charge >= 0.3 is 0 Å². The minimum atomic E-state index is 0.756. The van der Waals surface area contributed by atoms with Gasteiger partial charge in [-0.3, -0.25) is 0 Å². The summed E-state index contributed by atoms with van der Waals surface area (Å²) in [6.07, 6.45) is 3.58. The van der Waals surface area contributed by atoms with Gasteiger partial charge < -0.3 is 10.3 Å². The highest BCUT2D eigenvalue weighted by Crippen LogP contribution is 2.40. The van der Waals surface area contributed by atoms with Crippen molar-refractivity contribution in [2.45, 2.75) is 32.1 Å². The minimum absolute atomic E-state index is 0.756. The second-order valence-corrected chi connectivity index (χ2v) is 5.07. The zero-order valence-electron chi connectivity index (χ0n) is 11.0. The summed E-state index contributed by atoms with van der Waals surface area (Å²) in [5.41, 5.74) is 9.60. The molecule has 0 aliphatic heterocycles. The van der Waals surface area contributed by atoms with Crippen LogP contribution in [0.5, 0.6) is 0 Å². The van der Waals surface area contributed by atoms with Gasteiger partial charge in [0.05, 0.1) is 0 Å². The molecule has 0 spiro atoms. The molecule has 0 saturated heterocycles. The highest BCUT2D eigenvalue weighted by atomic mass is 15.1. The van der Waals surface area contributed by atoms with E-state index in [1.54, 1.807) is 0 Å². The Morgan fingerprint density at radius 3 is 2.44 bits per heavy atom.